The third-order valence-corrected chi connectivity index (χ3v) is 8.41. The van der Waals surface area contributed by atoms with Crippen LogP contribution in [0, 0.1) is 11.8 Å². The molecule has 6 rings (SSSR count). The maximum Gasteiger partial charge on any atom is 0.410 e. The van der Waals surface area contributed by atoms with Crippen molar-refractivity contribution in [2.45, 2.75) is 51.9 Å². The standard InChI is InChI=1S/C31H41N7O6/c1-31(2,3)44-30(41)37-16-20-14-36(15-21(20)17-37)29-34-25(19-8-9-23(42-4)22(13-19)28(40)32-10-11-39)26-27(35-29)38(18-33-26)24-7-5-6-12-43-24/h8-9,13,18,20-21,24,39H,5-7,10-12,14-17H2,1-4H3,(H,32,40). The van der Waals surface area contributed by atoms with Crippen molar-refractivity contribution >= 4 is 29.1 Å². The van der Waals surface area contributed by atoms with E-state index in [0.29, 0.717) is 72.5 Å². The molecular weight excluding hydrogens is 566 g/mol. The summed E-state index contributed by atoms with van der Waals surface area (Å²) in [5.41, 5.74) is 2.38. The summed E-state index contributed by atoms with van der Waals surface area (Å²) in [4.78, 5) is 44.5. The van der Waals surface area contributed by atoms with E-state index < -0.39 is 5.60 Å². The Labute approximate surface area is 256 Å². The maximum absolute atomic E-state index is 13.0. The number of methoxy groups -OCH3 is 1. The monoisotopic (exact) mass is 607 g/mol. The number of benzene rings is 1. The van der Waals surface area contributed by atoms with Crippen LogP contribution >= 0.6 is 0 Å². The van der Waals surface area contributed by atoms with Gasteiger partial charge in [-0.2, -0.15) is 4.98 Å². The highest BCUT2D eigenvalue weighted by atomic mass is 16.6. The van der Waals surface area contributed by atoms with E-state index in [0.717, 1.165) is 19.3 Å². The number of carbonyl (C=O) groups is 2. The van der Waals surface area contributed by atoms with E-state index in [2.05, 4.69) is 10.2 Å². The number of carbonyl (C=O) groups excluding carboxylic acids is 2. The average Bonchev–Trinajstić information content (AvgIpc) is 3.72. The third kappa shape index (κ3) is 6.03. The molecule has 44 heavy (non-hydrogen) atoms. The Balaban J connectivity index is 1.35. The van der Waals surface area contributed by atoms with Gasteiger partial charge in [-0.25, -0.2) is 14.8 Å². The molecule has 13 nitrogen and oxygen atoms in total. The molecule has 0 bridgehead atoms. The Morgan fingerprint density at radius 1 is 1.11 bits per heavy atom. The highest BCUT2D eigenvalue weighted by Crippen LogP contribution is 2.37. The van der Waals surface area contributed by atoms with Gasteiger partial charge >= 0.3 is 6.09 Å². The molecule has 2 amide bonds. The summed E-state index contributed by atoms with van der Waals surface area (Å²) < 4.78 is 19.2. The molecule has 0 aliphatic carbocycles. The fourth-order valence-corrected chi connectivity index (χ4v) is 6.33. The summed E-state index contributed by atoms with van der Waals surface area (Å²) in [6.07, 6.45) is 4.28. The van der Waals surface area contributed by atoms with E-state index >= 15 is 0 Å². The highest BCUT2D eigenvalue weighted by Gasteiger charge is 2.43. The minimum Gasteiger partial charge on any atom is -0.496 e. The molecule has 0 spiro atoms. The molecule has 2 N–H and O–H groups in total. The predicted octanol–water partition coefficient (Wildman–Crippen LogP) is 3.23. The zero-order valence-electron chi connectivity index (χ0n) is 25.8. The molecule has 0 radical (unpaired) electrons. The molecular formula is C31H41N7O6. The first kappa shape index (κ1) is 30.1. The molecule has 13 heteroatoms. The topological polar surface area (TPSA) is 144 Å². The number of likely N-dealkylation sites (tertiary alicyclic amines) is 1. The van der Waals surface area contributed by atoms with Gasteiger partial charge in [0.1, 0.15) is 28.8 Å². The second-order valence-corrected chi connectivity index (χ2v) is 12.7. The minimum atomic E-state index is -0.535. The number of nitrogens with one attached hydrogen (secondary N) is 1. The van der Waals surface area contributed by atoms with Gasteiger partial charge < -0.3 is 34.4 Å². The zero-order valence-corrected chi connectivity index (χ0v) is 25.8. The summed E-state index contributed by atoms with van der Waals surface area (Å²) >= 11 is 0. The van der Waals surface area contributed by atoms with Gasteiger partial charge in [-0.3, -0.25) is 9.36 Å². The molecule has 3 aliphatic heterocycles. The van der Waals surface area contributed by atoms with Crippen molar-refractivity contribution in [1.29, 1.82) is 0 Å². The largest absolute Gasteiger partial charge is 0.496 e. The predicted molar refractivity (Wildman–Crippen MR) is 163 cm³/mol. The Morgan fingerprint density at radius 3 is 2.55 bits per heavy atom. The maximum atomic E-state index is 13.0. The number of hydrogen-bond acceptors (Lipinski definition) is 10. The number of hydrogen-bond donors (Lipinski definition) is 2. The fraction of sp³-hybridized carbons (Fsp3) is 0.581. The summed E-state index contributed by atoms with van der Waals surface area (Å²) in [5.74, 6) is 1.19. The molecule has 3 aliphatic rings. The Bertz CT molecular complexity index is 1520. The van der Waals surface area contributed by atoms with E-state index in [1.54, 1.807) is 18.5 Å². The van der Waals surface area contributed by atoms with E-state index in [4.69, 9.17) is 29.2 Å². The molecule has 1 aromatic carbocycles. The van der Waals surface area contributed by atoms with Gasteiger partial charge in [0.2, 0.25) is 5.95 Å². The van der Waals surface area contributed by atoms with Crippen molar-refractivity contribution in [2.24, 2.45) is 11.8 Å². The lowest BCUT2D eigenvalue weighted by molar-refractivity contribution is -0.0298. The molecule has 3 fully saturated rings. The van der Waals surface area contributed by atoms with Gasteiger partial charge in [-0.15, -0.1) is 0 Å². The van der Waals surface area contributed by atoms with Gasteiger partial charge in [0.25, 0.3) is 5.91 Å². The minimum absolute atomic E-state index is 0.128. The van der Waals surface area contributed by atoms with Crippen molar-refractivity contribution in [3.05, 3.63) is 30.1 Å². The lowest BCUT2D eigenvalue weighted by Crippen LogP contribution is -2.37. The molecule has 3 saturated heterocycles. The molecule has 236 valence electrons. The lowest BCUT2D eigenvalue weighted by atomic mass is 10.0. The molecule has 3 unspecified atom stereocenters. The third-order valence-electron chi connectivity index (χ3n) is 8.41. The van der Waals surface area contributed by atoms with E-state index in [-0.39, 0.29) is 43.2 Å². The van der Waals surface area contributed by atoms with Crippen molar-refractivity contribution in [3.8, 4) is 17.0 Å². The van der Waals surface area contributed by atoms with Crippen molar-refractivity contribution in [1.82, 2.24) is 29.7 Å². The van der Waals surface area contributed by atoms with Gasteiger partial charge in [-0.05, 0) is 58.2 Å². The van der Waals surface area contributed by atoms with Crippen LogP contribution in [0.3, 0.4) is 0 Å². The van der Waals surface area contributed by atoms with Crippen LogP contribution in [0.5, 0.6) is 5.75 Å². The molecule has 3 aromatic rings. The number of aliphatic hydroxyl groups excluding tert-OH is 1. The van der Waals surface area contributed by atoms with E-state index in [9.17, 15) is 14.7 Å². The number of anilines is 1. The summed E-state index contributed by atoms with van der Waals surface area (Å²) in [6.45, 7) is 8.96. The number of imidazole rings is 1. The molecule has 0 saturated carbocycles. The van der Waals surface area contributed by atoms with Gasteiger partial charge in [0, 0.05) is 56.7 Å². The number of fused-ring (bicyclic) bond motifs is 2. The second kappa shape index (κ2) is 12.2. The van der Waals surface area contributed by atoms with Crippen LogP contribution in [0.25, 0.3) is 22.4 Å². The number of ether oxygens (including phenoxy) is 3. The Kier molecular flexibility index (Phi) is 8.34. The fourth-order valence-electron chi connectivity index (χ4n) is 6.33. The van der Waals surface area contributed by atoms with Gasteiger partial charge in [0.15, 0.2) is 5.65 Å². The van der Waals surface area contributed by atoms with Crippen molar-refractivity contribution in [3.63, 3.8) is 0 Å². The van der Waals surface area contributed by atoms with Crippen LogP contribution in [0.15, 0.2) is 24.5 Å². The molecule has 3 atom stereocenters. The quantitative estimate of drug-likeness (QED) is 0.411. The van der Waals surface area contributed by atoms with Crippen LogP contribution in [0.1, 0.15) is 56.6 Å². The lowest BCUT2D eigenvalue weighted by Gasteiger charge is -2.26. The Morgan fingerprint density at radius 2 is 1.89 bits per heavy atom. The van der Waals surface area contributed by atoms with Crippen LogP contribution < -0.4 is 15.0 Å². The SMILES string of the molecule is COc1ccc(-c2nc(N3CC4CN(C(=O)OC(C)(C)C)CC4C3)nc3c2ncn3C2CCCCO2)cc1C(=O)NCCO. The number of aliphatic hydroxyl groups is 1. The van der Waals surface area contributed by atoms with E-state index in [1.807, 2.05) is 36.3 Å². The van der Waals surface area contributed by atoms with E-state index in [1.165, 1.54) is 7.11 Å². The van der Waals surface area contributed by atoms with Gasteiger partial charge in [0.05, 0.1) is 25.6 Å². The van der Waals surface area contributed by atoms with Crippen LogP contribution in [-0.2, 0) is 9.47 Å². The zero-order chi connectivity index (χ0) is 31.0. The number of amides is 2. The second-order valence-electron chi connectivity index (χ2n) is 12.7. The van der Waals surface area contributed by atoms with Crippen LogP contribution in [0.4, 0.5) is 10.7 Å². The summed E-state index contributed by atoms with van der Waals surface area (Å²) in [6, 6.07) is 5.34. The number of rotatable bonds is 7. The summed E-state index contributed by atoms with van der Waals surface area (Å²) in [7, 11) is 1.51. The smallest absolute Gasteiger partial charge is 0.410 e. The van der Waals surface area contributed by atoms with Crippen LogP contribution in [0.2, 0.25) is 0 Å². The highest BCUT2D eigenvalue weighted by molar-refractivity contribution is 5.99. The first-order valence-electron chi connectivity index (χ1n) is 15.3. The Hall–Kier alpha value is -3.97. The van der Waals surface area contributed by atoms with Crippen molar-refractivity contribution < 1.29 is 28.9 Å². The first-order valence-corrected chi connectivity index (χ1v) is 15.3. The normalized spacial score (nSPS) is 21.9. The molecule has 5 heterocycles. The van der Waals surface area contributed by atoms with Crippen molar-refractivity contribution in [2.75, 3.05) is 57.9 Å². The van der Waals surface area contributed by atoms with Gasteiger partial charge in [-0.1, -0.05) is 0 Å². The first-order chi connectivity index (χ1) is 21.1. The number of nitrogens with zero attached hydrogens (tertiary/aromatic N) is 6. The number of aromatic nitrogens is 4. The van der Waals surface area contributed by atoms with Crippen LogP contribution in [-0.4, -0.2) is 100 Å². The summed E-state index contributed by atoms with van der Waals surface area (Å²) in [5, 5.41) is 11.9. The average molecular weight is 608 g/mol. The molecule has 2 aromatic heterocycles.